The summed E-state index contributed by atoms with van der Waals surface area (Å²) in [5, 5.41) is 3.87. The van der Waals surface area contributed by atoms with Crippen molar-refractivity contribution in [2.75, 3.05) is 17.4 Å². The van der Waals surface area contributed by atoms with Gasteiger partial charge in [-0.25, -0.2) is 8.42 Å². The van der Waals surface area contributed by atoms with Crippen molar-refractivity contribution in [1.29, 1.82) is 0 Å². The first kappa shape index (κ1) is 35.3. The Morgan fingerprint density at radius 3 is 2.13 bits per heavy atom. The van der Waals surface area contributed by atoms with Gasteiger partial charge in [-0.1, -0.05) is 108 Å². The van der Waals surface area contributed by atoms with Crippen LogP contribution >= 0.6 is 34.8 Å². The first-order chi connectivity index (χ1) is 22.0. The lowest BCUT2D eigenvalue weighted by atomic mass is 10.0. The van der Waals surface area contributed by atoms with Crippen LogP contribution in [0.5, 0.6) is 0 Å². The summed E-state index contributed by atoms with van der Waals surface area (Å²) in [6.07, 6.45) is 1.87. The molecule has 0 aliphatic carbocycles. The molecule has 0 radical (unpaired) electrons. The molecule has 0 fully saturated rings. The minimum absolute atomic E-state index is 0.000585. The number of carbonyl (C=O) groups is 2. The molecule has 4 aromatic rings. The summed E-state index contributed by atoms with van der Waals surface area (Å²) >= 11 is 18.6. The summed E-state index contributed by atoms with van der Waals surface area (Å²) < 4.78 is 29.3. The molecule has 0 aliphatic rings. The van der Waals surface area contributed by atoms with Crippen molar-refractivity contribution in [3.05, 3.63) is 129 Å². The third-order valence-electron chi connectivity index (χ3n) is 7.45. The quantitative estimate of drug-likeness (QED) is 0.137. The van der Waals surface area contributed by atoms with Crippen molar-refractivity contribution in [1.82, 2.24) is 10.2 Å². The molecular weight excluding hydrogens is 665 g/mol. The van der Waals surface area contributed by atoms with E-state index in [0.29, 0.717) is 11.6 Å². The molecule has 1 atom stereocenters. The highest BCUT2D eigenvalue weighted by Crippen LogP contribution is 2.31. The number of amides is 2. The first-order valence-electron chi connectivity index (χ1n) is 14.9. The monoisotopic (exact) mass is 699 g/mol. The maximum absolute atomic E-state index is 14.5. The number of nitrogens with one attached hydrogen (secondary N) is 1. The van der Waals surface area contributed by atoms with Crippen molar-refractivity contribution in [2.24, 2.45) is 0 Å². The molecule has 0 saturated heterocycles. The molecular formula is C35H36Cl3N3O4S. The van der Waals surface area contributed by atoms with E-state index < -0.39 is 28.5 Å². The second-order valence-corrected chi connectivity index (χ2v) is 14.0. The highest BCUT2D eigenvalue weighted by atomic mass is 35.5. The minimum Gasteiger partial charge on any atom is -0.354 e. The molecule has 0 spiro atoms. The number of aryl methyl sites for hydroxylation is 1. The van der Waals surface area contributed by atoms with E-state index in [2.05, 4.69) is 5.32 Å². The molecule has 46 heavy (non-hydrogen) atoms. The summed E-state index contributed by atoms with van der Waals surface area (Å²) in [4.78, 5) is 29.8. The Hall–Kier alpha value is -3.56. The Morgan fingerprint density at radius 2 is 1.50 bits per heavy atom. The van der Waals surface area contributed by atoms with Crippen molar-refractivity contribution in [3.8, 4) is 0 Å². The lowest BCUT2D eigenvalue weighted by Gasteiger charge is -2.34. The molecule has 0 saturated carbocycles. The van der Waals surface area contributed by atoms with Crippen LogP contribution < -0.4 is 9.62 Å². The van der Waals surface area contributed by atoms with Gasteiger partial charge in [0.05, 0.1) is 20.6 Å². The van der Waals surface area contributed by atoms with Gasteiger partial charge in [-0.2, -0.15) is 0 Å². The van der Waals surface area contributed by atoms with Gasteiger partial charge < -0.3 is 10.2 Å². The summed E-state index contributed by atoms with van der Waals surface area (Å²) in [5.41, 5.74) is 2.60. The normalized spacial score (nSPS) is 11.9. The average Bonchev–Trinajstić information content (AvgIpc) is 3.04. The van der Waals surface area contributed by atoms with Gasteiger partial charge in [0.25, 0.3) is 10.0 Å². The van der Waals surface area contributed by atoms with Crippen LogP contribution in [-0.4, -0.2) is 44.3 Å². The van der Waals surface area contributed by atoms with E-state index in [1.165, 1.54) is 35.2 Å². The van der Waals surface area contributed by atoms with Crippen molar-refractivity contribution in [3.63, 3.8) is 0 Å². The third-order valence-corrected chi connectivity index (χ3v) is 10.2. The van der Waals surface area contributed by atoms with E-state index in [-0.39, 0.29) is 39.5 Å². The van der Waals surface area contributed by atoms with E-state index in [1.807, 2.05) is 44.2 Å². The van der Waals surface area contributed by atoms with Crippen LogP contribution in [0.2, 0.25) is 15.1 Å². The number of hydrogen-bond donors (Lipinski definition) is 1. The van der Waals surface area contributed by atoms with E-state index >= 15 is 0 Å². The molecule has 2 amide bonds. The van der Waals surface area contributed by atoms with Gasteiger partial charge in [-0.05, 0) is 66.9 Å². The van der Waals surface area contributed by atoms with E-state index in [0.717, 1.165) is 33.8 Å². The Kier molecular flexibility index (Phi) is 12.5. The van der Waals surface area contributed by atoms with Crippen LogP contribution in [0.4, 0.5) is 5.69 Å². The highest BCUT2D eigenvalue weighted by molar-refractivity contribution is 7.92. The van der Waals surface area contributed by atoms with Crippen LogP contribution in [0.3, 0.4) is 0 Å². The lowest BCUT2D eigenvalue weighted by molar-refractivity contribution is -0.140. The molecule has 7 nitrogen and oxygen atoms in total. The van der Waals surface area contributed by atoms with Gasteiger partial charge in [0.1, 0.15) is 12.6 Å². The fourth-order valence-electron chi connectivity index (χ4n) is 4.85. The Balaban J connectivity index is 1.80. The second kappa shape index (κ2) is 16.3. The van der Waals surface area contributed by atoms with Crippen LogP contribution in [-0.2, 0) is 32.6 Å². The zero-order valence-corrected chi connectivity index (χ0v) is 28.7. The largest absolute Gasteiger partial charge is 0.354 e. The molecule has 4 rings (SSSR count). The van der Waals surface area contributed by atoms with Crippen LogP contribution in [0.25, 0.3) is 0 Å². The molecule has 11 heteroatoms. The van der Waals surface area contributed by atoms with E-state index in [4.69, 9.17) is 34.8 Å². The number of unbranched alkanes of at least 4 members (excludes halogenated alkanes) is 1. The topological polar surface area (TPSA) is 86.8 Å². The summed E-state index contributed by atoms with van der Waals surface area (Å²) in [7, 11) is -4.26. The van der Waals surface area contributed by atoms with Crippen LogP contribution in [0.1, 0.15) is 36.5 Å². The number of sulfonamides is 1. The van der Waals surface area contributed by atoms with Crippen molar-refractivity contribution in [2.45, 2.75) is 50.6 Å². The summed E-state index contributed by atoms with van der Waals surface area (Å²) in [6, 6.07) is 26.1. The van der Waals surface area contributed by atoms with E-state index in [1.54, 1.807) is 36.4 Å². The van der Waals surface area contributed by atoms with Gasteiger partial charge in [0.15, 0.2) is 0 Å². The zero-order chi connectivity index (χ0) is 33.3. The smallest absolute Gasteiger partial charge is 0.264 e. The number of hydrogen-bond acceptors (Lipinski definition) is 4. The van der Waals surface area contributed by atoms with E-state index in [9.17, 15) is 18.0 Å². The molecule has 0 aromatic heterocycles. The van der Waals surface area contributed by atoms with Crippen molar-refractivity contribution < 1.29 is 18.0 Å². The summed E-state index contributed by atoms with van der Waals surface area (Å²) in [5.74, 6) is -0.912. The predicted octanol–water partition coefficient (Wildman–Crippen LogP) is 7.71. The first-order valence-corrected chi connectivity index (χ1v) is 17.5. The molecule has 242 valence electrons. The SMILES string of the molecule is CCCCNC(=O)C(Cc1ccccc1)N(Cc1ccc(Cl)cc1)C(=O)CN(c1ccc(Cl)c(Cl)c1)S(=O)(=O)c1ccc(C)cc1. The standard InChI is InChI=1S/C35H36Cl3N3O4S/c1-3-4-20-39-35(43)33(21-26-8-6-5-7-9-26)40(23-27-12-14-28(36)15-13-27)34(42)24-41(29-16-19-31(37)32(38)22-29)46(44,45)30-17-10-25(2)11-18-30/h5-19,22,33H,3-4,20-21,23-24H2,1-2H3,(H,39,43). The highest BCUT2D eigenvalue weighted by Gasteiger charge is 2.34. The van der Waals surface area contributed by atoms with Crippen LogP contribution in [0.15, 0.2) is 102 Å². The number of rotatable bonds is 14. The lowest BCUT2D eigenvalue weighted by Crippen LogP contribution is -2.53. The zero-order valence-electron chi connectivity index (χ0n) is 25.6. The minimum atomic E-state index is -4.26. The number of anilines is 1. The van der Waals surface area contributed by atoms with Crippen molar-refractivity contribution >= 4 is 62.3 Å². The van der Waals surface area contributed by atoms with Gasteiger partial charge in [0.2, 0.25) is 11.8 Å². The Bertz CT molecular complexity index is 1740. The molecule has 1 unspecified atom stereocenters. The number of carbonyl (C=O) groups excluding carboxylic acids is 2. The van der Waals surface area contributed by atoms with Crippen LogP contribution in [0, 0.1) is 6.92 Å². The Morgan fingerprint density at radius 1 is 0.826 bits per heavy atom. The fraction of sp³-hybridized carbons (Fsp3) is 0.257. The predicted molar refractivity (Wildman–Crippen MR) is 186 cm³/mol. The molecule has 4 aromatic carbocycles. The van der Waals surface area contributed by atoms with Gasteiger partial charge in [0, 0.05) is 24.5 Å². The fourth-order valence-corrected chi connectivity index (χ4v) is 6.68. The summed E-state index contributed by atoms with van der Waals surface area (Å²) in [6.45, 7) is 3.75. The van der Waals surface area contributed by atoms with Gasteiger partial charge >= 0.3 is 0 Å². The average molecular weight is 701 g/mol. The number of nitrogens with zero attached hydrogens (tertiary/aromatic N) is 2. The number of halogens is 3. The molecule has 1 N–H and O–H groups in total. The molecule has 0 aliphatic heterocycles. The third kappa shape index (κ3) is 9.26. The number of benzene rings is 4. The van der Waals surface area contributed by atoms with Gasteiger partial charge in [-0.3, -0.25) is 13.9 Å². The maximum Gasteiger partial charge on any atom is 0.264 e. The molecule has 0 bridgehead atoms. The molecule has 0 heterocycles. The Labute approximate surface area is 286 Å². The maximum atomic E-state index is 14.5. The van der Waals surface area contributed by atoms with Gasteiger partial charge in [-0.15, -0.1) is 0 Å². The second-order valence-electron chi connectivity index (χ2n) is 10.9.